The lowest BCUT2D eigenvalue weighted by Gasteiger charge is -2.22. The zero-order valence-corrected chi connectivity index (χ0v) is 13.4. The van der Waals surface area contributed by atoms with E-state index in [0.717, 1.165) is 24.7 Å². The molecule has 2 aliphatic carbocycles. The quantitative estimate of drug-likeness (QED) is 0.411. The summed E-state index contributed by atoms with van der Waals surface area (Å²) in [6.45, 7) is 8.22. The Labute approximate surface area is 130 Å². The van der Waals surface area contributed by atoms with Crippen LogP contribution >= 0.6 is 0 Å². The molecule has 0 N–H and O–H groups in total. The Morgan fingerprint density at radius 2 is 1.33 bits per heavy atom. The minimum absolute atomic E-state index is 0.781. The van der Waals surface area contributed by atoms with Crippen LogP contribution in [0.4, 0.5) is 0 Å². The third-order valence-corrected chi connectivity index (χ3v) is 4.73. The molecule has 2 rings (SSSR count). The molecule has 0 aliphatic heterocycles. The molecule has 2 atom stereocenters. The molecule has 0 aromatic rings. The lowest BCUT2D eigenvalue weighted by molar-refractivity contribution is 0.379. The summed E-state index contributed by atoms with van der Waals surface area (Å²) < 4.78 is 5.46. The second kappa shape index (κ2) is 8.92. The van der Waals surface area contributed by atoms with Crippen LogP contribution in [-0.4, -0.2) is 0 Å². The van der Waals surface area contributed by atoms with Gasteiger partial charge in [0.2, 0.25) is 0 Å². The topological polar surface area (TPSA) is 9.23 Å². The summed E-state index contributed by atoms with van der Waals surface area (Å²) in [4.78, 5) is 0. The van der Waals surface area contributed by atoms with Crippen molar-refractivity contribution in [1.82, 2.24) is 0 Å². The van der Waals surface area contributed by atoms with Gasteiger partial charge in [0, 0.05) is 0 Å². The molecule has 1 heteroatoms. The molecular formula is C20H30O. The molecule has 0 spiro atoms. The van der Waals surface area contributed by atoms with E-state index < -0.39 is 0 Å². The predicted octanol–water partition coefficient (Wildman–Crippen LogP) is 6.30. The van der Waals surface area contributed by atoms with Crippen LogP contribution < -0.4 is 0 Å². The highest BCUT2D eigenvalue weighted by Gasteiger charge is 2.14. The van der Waals surface area contributed by atoms with E-state index in [1.54, 1.807) is 0 Å². The first-order valence-electron chi connectivity index (χ1n) is 8.53. The highest BCUT2D eigenvalue weighted by Crippen LogP contribution is 2.30. The summed E-state index contributed by atoms with van der Waals surface area (Å²) in [5, 5.41) is 0. The van der Waals surface area contributed by atoms with E-state index in [-0.39, 0.29) is 0 Å². The van der Waals surface area contributed by atoms with Crippen LogP contribution in [0.25, 0.3) is 0 Å². The maximum Gasteiger partial charge on any atom is 0.0861 e. The van der Waals surface area contributed by atoms with Crippen LogP contribution in [0.1, 0.15) is 64.2 Å². The Morgan fingerprint density at radius 3 is 1.76 bits per heavy atom. The Kier molecular flexibility index (Phi) is 6.85. The molecule has 2 fully saturated rings. The van der Waals surface area contributed by atoms with Gasteiger partial charge in [-0.25, -0.2) is 0 Å². The second-order valence-corrected chi connectivity index (χ2v) is 6.78. The average Bonchev–Trinajstić information content (AvgIpc) is 2.46. The molecule has 116 valence electrons. The highest BCUT2D eigenvalue weighted by atomic mass is 16.5. The van der Waals surface area contributed by atoms with Gasteiger partial charge in [0.1, 0.15) is 0 Å². The van der Waals surface area contributed by atoms with Gasteiger partial charge in [-0.15, -0.1) is 0 Å². The van der Waals surface area contributed by atoms with Crippen molar-refractivity contribution in [1.29, 1.82) is 0 Å². The molecule has 2 unspecified atom stereocenters. The molecule has 0 heterocycles. The smallest absolute Gasteiger partial charge is 0.0861 e. The summed E-state index contributed by atoms with van der Waals surface area (Å²) >= 11 is 0. The van der Waals surface area contributed by atoms with E-state index >= 15 is 0 Å². The fourth-order valence-electron chi connectivity index (χ4n) is 3.56. The fourth-order valence-corrected chi connectivity index (χ4v) is 3.56. The van der Waals surface area contributed by atoms with Crippen LogP contribution in [0.3, 0.4) is 0 Å². The SMILES string of the molecule is C=C1CCCC(CC=COC=CCC2CCCC(=C)C2)C1. The Hall–Kier alpha value is -1.24. The zero-order valence-electron chi connectivity index (χ0n) is 13.4. The molecule has 1 nitrogen and oxygen atoms in total. The molecular weight excluding hydrogens is 256 g/mol. The van der Waals surface area contributed by atoms with Gasteiger partial charge in [0.05, 0.1) is 12.5 Å². The maximum absolute atomic E-state index is 5.46. The first-order chi connectivity index (χ1) is 10.2. The van der Waals surface area contributed by atoms with E-state index in [0.29, 0.717) is 0 Å². The van der Waals surface area contributed by atoms with Crippen LogP contribution in [0, 0.1) is 11.8 Å². The van der Waals surface area contributed by atoms with Gasteiger partial charge in [0.25, 0.3) is 0 Å². The number of ether oxygens (including phenoxy) is 1. The lowest BCUT2D eigenvalue weighted by atomic mass is 9.84. The van der Waals surface area contributed by atoms with Crippen LogP contribution in [-0.2, 0) is 4.74 Å². The van der Waals surface area contributed by atoms with Gasteiger partial charge < -0.3 is 4.74 Å². The summed E-state index contributed by atoms with van der Waals surface area (Å²) in [7, 11) is 0. The summed E-state index contributed by atoms with van der Waals surface area (Å²) in [5.74, 6) is 1.56. The third-order valence-electron chi connectivity index (χ3n) is 4.73. The Morgan fingerprint density at radius 1 is 0.857 bits per heavy atom. The molecule has 2 saturated carbocycles. The minimum Gasteiger partial charge on any atom is -0.473 e. The predicted molar refractivity (Wildman–Crippen MR) is 90.8 cm³/mol. The molecule has 0 radical (unpaired) electrons. The van der Waals surface area contributed by atoms with Crippen molar-refractivity contribution in [3.63, 3.8) is 0 Å². The molecule has 0 aromatic heterocycles. The van der Waals surface area contributed by atoms with Crippen LogP contribution in [0.15, 0.2) is 49.0 Å². The Balaban J connectivity index is 1.56. The van der Waals surface area contributed by atoms with Gasteiger partial charge in [-0.3, -0.25) is 0 Å². The maximum atomic E-state index is 5.46. The van der Waals surface area contributed by atoms with E-state index in [1.807, 2.05) is 12.5 Å². The van der Waals surface area contributed by atoms with Crippen LogP contribution in [0.5, 0.6) is 0 Å². The zero-order chi connectivity index (χ0) is 14.9. The molecule has 2 aliphatic rings. The van der Waals surface area contributed by atoms with Gasteiger partial charge in [-0.1, -0.05) is 24.3 Å². The van der Waals surface area contributed by atoms with Crippen molar-refractivity contribution in [2.45, 2.75) is 64.2 Å². The Bertz CT molecular complexity index is 364. The van der Waals surface area contributed by atoms with Gasteiger partial charge in [-0.2, -0.15) is 0 Å². The fraction of sp³-hybridized carbons (Fsp3) is 0.600. The molecule has 21 heavy (non-hydrogen) atoms. The first-order valence-corrected chi connectivity index (χ1v) is 8.53. The van der Waals surface area contributed by atoms with Gasteiger partial charge in [0.15, 0.2) is 0 Å². The third kappa shape index (κ3) is 6.37. The van der Waals surface area contributed by atoms with Crippen molar-refractivity contribution < 1.29 is 4.74 Å². The van der Waals surface area contributed by atoms with Gasteiger partial charge in [-0.05, 0) is 88.2 Å². The average molecular weight is 286 g/mol. The summed E-state index contributed by atoms with van der Waals surface area (Å²) in [6.07, 6.45) is 20.4. The van der Waals surface area contributed by atoms with Crippen LogP contribution in [0.2, 0.25) is 0 Å². The number of rotatable bonds is 6. The number of allylic oxidation sites excluding steroid dienone is 4. The minimum atomic E-state index is 0.781. The molecule has 0 saturated heterocycles. The van der Waals surface area contributed by atoms with Crippen molar-refractivity contribution in [3.8, 4) is 0 Å². The van der Waals surface area contributed by atoms with E-state index in [4.69, 9.17) is 4.74 Å². The van der Waals surface area contributed by atoms with E-state index in [1.165, 1.54) is 62.5 Å². The molecule has 0 amide bonds. The summed E-state index contributed by atoms with van der Waals surface area (Å²) in [5.41, 5.74) is 2.85. The van der Waals surface area contributed by atoms with E-state index in [2.05, 4.69) is 25.3 Å². The number of hydrogen-bond acceptors (Lipinski definition) is 1. The highest BCUT2D eigenvalue weighted by molar-refractivity contribution is 5.01. The monoisotopic (exact) mass is 286 g/mol. The molecule has 0 aromatic carbocycles. The second-order valence-electron chi connectivity index (χ2n) is 6.78. The normalized spacial score (nSPS) is 27.6. The lowest BCUT2D eigenvalue weighted by Crippen LogP contribution is -2.06. The van der Waals surface area contributed by atoms with E-state index in [9.17, 15) is 0 Å². The largest absolute Gasteiger partial charge is 0.473 e. The number of hydrogen-bond donors (Lipinski definition) is 0. The van der Waals surface area contributed by atoms with Crippen molar-refractivity contribution in [2.24, 2.45) is 11.8 Å². The van der Waals surface area contributed by atoms with Gasteiger partial charge >= 0.3 is 0 Å². The van der Waals surface area contributed by atoms with Crippen molar-refractivity contribution >= 4 is 0 Å². The van der Waals surface area contributed by atoms with Crippen molar-refractivity contribution in [3.05, 3.63) is 49.0 Å². The standard InChI is InChI=1S/C20H30O/c1-17-7-3-9-19(15-17)11-5-13-21-14-6-12-20-10-4-8-18(2)16-20/h5-6,13-14,19-20H,1-4,7-12,15-16H2. The van der Waals surface area contributed by atoms with Crippen molar-refractivity contribution in [2.75, 3.05) is 0 Å². The summed E-state index contributed by atoms with van der Waals surface area (Å²) in [6, 6.07) is 0. The first kappa shape index (κ1) is 16.1. The molecule has 0 bridgehead atoms.